The second-order valence-electron chi connectivity index (χ2n) is 6.16. The highest BCUT2D eigenvalue weighted by molar-refractivity contribution is 5.94. The monoisotopic (exact) mass is 324 g/mol. The molecule has 1 aromatic heterocycles. The van der Waals surface area contributed by atoms with Crippen LogP contribution in [0, 0.1) is 6.92 Å². The van der Waals surface area contributed by atoms with Gasteiger partial charge >= 0.3 is 0 Å². The van der Waals surface area contributed by atoms with Gasteiger partial charge in [0.05, 0.1) is 0 Å². The smallest absolute Gasteiger partial charge is 0.251 e. The van der Waals surface area contributed by atoms with Gasteiger partial charge in [0.15, 0.2) is 0 Å². The molecule has 0 spiro atoms. The van der Waals surface area contributed by atoms with Gasteiger partial charge in [0.2, 0.25) is 0 Å². The minimum Gasteiger partial charge on any atom is -0.369 e. The van der Waals surface area contributed by atoms with Crippen molar-refractivity contribution in [3.05, 3.63) is 59.9 Å². The highest BCUT2D eigenvalue weighted by Crippen LogP contribution is 2.14. The van der Waals surface area contributed by atoms with E-state index in [1.807, 2.05) is 43.6 Å². The molecule has 1 saturated heterocycles. The number of amides is 1. The lowest BCUT2D eigenvalue weighted by atomic mass is 10.1. The Morgan fingerprint density at radius 2 is 1.71 bits per heavy atom. The van der Waals surface area contributed by atoms with Crippen LogP contribution in [0.3, 0.4) is 0 Å². The molecule has 0 aliphatic carbocycles. The number of nitrogens with zero attached hydrogens (tertiary/aromatic N) is 3. The number of anilines is 1. The standard InChI is InChI=1S/C19H24N4O/c1-16-2-4-17(5-3-16)19(24)21-10-11-22-12-14-23(15-13-22)18-6-8-20-9-7-18/h2-9H,10-15H2,1H3,(H,21,24). The Morgan fingerprint density at radius 1 is 1.04 bits per heavy atom. The maximum Gasteiger partial charge on any atom is 0.251 e. The first-order valence-electron chi connectivity index (χ1n) is 8.44. The Morgan fingerprint density at radius 3 is 2.38 bits per heavy atom. The lowest BCUT2D eigenvalue weighted by molar-refractivity contribution is 0.0948. The summed E-state index contributed by atoms with van der Waals surface area (Å²) < 4.78 is 0. The molecule has 1 N–H and O–H groups in total. The van der Waals surface area contributed by atoms with E-state index in [0.29, 0.717) is 6.54 Å². The van der Waals surface area contributed by atoms with Crippen molar-refractivity contribution in [1.29, 1.82) is 0 Å². The first kappa shape index (κ1) is 16.5. The summed E-state index contributed by atoms with van der Waals surface area (Å²) in [6.45, 7) is 7.65. The number of aromatic nitrogens is 1. The van der Waals surface area contributed by atoms with Gasteiger partial charge in [0, 0.05) is 62.9 Å². The Bertz CT molecular complexity index is 649. The van der Waals surface area contributed by atoms with Crippen LogP contribution in [0.25, 0.3) is 0 Å². The van der Waals surface area contributed by atoms with E-state index in [0.717, 1.165) is 38.3 Å². The molecule has 3 rings (SSSR count). The molecule has 5 heteroatoms. The first-order valence-corrected chi connectivity index (χ1v) is 8.44. The van der Waals surface area contributed by atoms with Crippen LogP contribution in [0.4, 0.5) is 5.69 Å². The largest absolute Gasteiger partial charge is 0.369 e. The predicted octanol–water partition coefficient (Wildman–Crippen LogP) is 1.94. The molecule has 5 nitrogen and oxygen atoms in total. The maximum atomic E-state index is 12.1. The summed E-state index contributed by atoms with van der Waals surface area (Å²) in [4.78, 5) is 20.9. The molecule has 2 heterocycles. The molecule has 2 aromatic rings. The number of benzene rings is 1. The van der Waals surface area contributed by atoms with E-state index in [1.165, 1.54) is 11.3 Å². The molecular weight excluding hydrogens is 300 g/mol. The molecule has 1 aliphatic heterocycles. The molecule has 126 valence electrons. The van der Waals surface area contributed by atoms with E-state index >= 15 is 0 Å². The molecule has 1 aliphatic rings. The average Bonchev–Trinajstić information content (AvgIpc) is 2.63. The molecule has 1 fully saturated rings. The van der Waals surface area contributed by atoms with E-state index in [9.17, 15) is 4.79 Å². The normalized spacial score (nSPS) is 15.3. The third kappa shape index (κ3) is 4.32. The minimum atomic E-state index is 0.00502. The van der Waals surface area contributed by atoms with Crippen molar-refractivity contribution in [2.75, 3.05) is 44.2 Å². The summed E-state index contributed by atoms with van der Waals surface area (Å²) in [6, 6.07) is 11.8. The molecule has 1 aromatic carbocycles. The number of nitrogens with one attached hydrogen (secondary N) is 1. The van der Waals surface area contributed by atoms with Gasteiger partial charge in [0.25, 0.3) is 5.91 Å². The van der Waals surface area contributed by atoms with Crippen LogP contribution < -0.4 is 10.2 Å². The van der Waals surface area contributed by atoms with Crippen LogP contribution in [0.15, 0.2) is 48.8 Å². The molecule has 24 heavy (non-hydrogen) atoms. The van der Waals surface area contributed by atoms with Crippen molar-refractivity contribution >= 4 is 11.6 Å². The molecule has 0 radical (unpaired) electrons. The molecule has 0 bridgehead atoms. The van der Waals surface area contributed by atoms with E-state index in [-0.39, 0.29) is 5.91 Å². The van der Waals surface area contributed by atoms with Crippen molar-refractivity contribution in [2.24, 2.45) is 0 Å². The number of carbonyl (C=O) groups is 1. The predicted molar refractivity (Wildman–Crippen MR) is 96.4 cm³/mol. The van der Waals surface area contributed by atoms with Crippen molar-refractivity contribution < 1.29 is 4.79 Å². The summed E-state index contributed by atoms with van der Waals surface area (Å²) in [5.41, 5.74) is 3.12. The topological polar surface area (TPSA) is 48.5 Å². The summed E-state index contributed by atoms with van der Waals surface area (Å²) in [6.07, 6.45) is 3.67. The highest BCUT2D eigenvalue weighted by atomic mass is 16.1. The molecule has 1 amide bonds. The van der Waals surface area contributed by atoms with Crippen molar-refractivity contribution in [3.63, 3.8) is 0 Å². The van der Waals surface area contributed by atoms with Gasteiger partial charge in [-0.2, -0.15) is 0 Å². The van der Waals surface area contributed by atoms with Crippen molar-refractivity contribution in [2.45, 2.75) is 6.92 Å². The van der Waals surface area contributed by atoms with E-state index < -0.39 is 0 Å². The number of pyridine rings is 1. The van der Waals surface area contributed by atoms with Gasteiger partial charge in [-0.3, -0.25) is 14.7 Å². The average molecular weight is 324 g/mol. The Labute approximate surface area is 143 Å². The van der Waals surface area contributed by atoms with Gasteiger partial charge in [0.1, 0.15) is 0 Å². The molecular formula is C19H24N4O. The Hall–Kier alpha value is -2.40. The third-order valence-corrected chi connectivity index (χ3v) is 4.43. The van der Waals surface area contributed by atoms with Crippen molar-refractivity contribution in [1.82, 2.24) is 15.2 Å². The lowest BCUT2D eigenvalue weighted by Gasteiger charge is -2.36. The van der Waals surface area contributed by atoms with Gasteiger partial charge < -0.3 is 10.2 Å². The fourth-order valence-corrected chi connectivity index (χ4v) is 2.92. The first-order chi connectivity index (χ1) is 11.7. The number of hydrogen-bond acceptors (Lipinski definition) is 4. The number of hydrogen-bond donors (Lipinski definition) is 1. The Kier molecular flexibility index (Phi) is 5.43. The van der Waals surface area contributed by atoms with Crippen LogP contribution in [-0.4, -0.2) is 55.1 Å². The van der Waals surface area contributed by atoms with Gasteiger partial charge in [-0.25, -0.2) is 0 Å². The quantitative estimate of drug-likeness (QED) is 0.913. The summed E-state index contributed by atoms with van der Waals surface area (Å²) >= 11 is 0. The van der Waals surface area contributed by atoms with Crippen molar-refractivity contribution in [3.8, 4) is 0 Å². The van der Waals surface area contributed by atoms with Crippen LogP contribution in [0.1, 0.15) is 15.9 Å². The van der Waals surface area contributed by atoms with Crippen LogP contribution >= 0.6 is 0 Å². The zero-order valence-electron chi connectivity index (χ0n) is 14.1. The summed E-state index contributed by atoms with van der Waals surface area (Å²) in [7, 11) is 0. The third-order valence-electron chi connectivity index (χ3n) is 4.43. The lowest BCUT2D eigenvalue weighted by Crippen LogP contribution is -2.48. The number of aryl methyl sites for hydroxylation is 1. The SMILES string of the molecule is Cc1ccc(C(=O)NCCN2CCN(c3ccncc3)CC2)cc1. The van der Waals surface area contributed by atoms with Crippen LogP contribution in [-0.2, 0) is 0 Å². The molecule has 0 atom stereocenters. The number of rotatable bonds is 5. The van der Waals surface area contributed by atoms with Gasteiger partial charge in [-0.15, -0.1) is 0 Å². The van der Waals surface area contributed by atoms with E-state index in [2.05, 4.69) is 32.2 Å². The summed E-state index contributed by atoms with van der Waals surface area (Å²) in [5.74, 6) is 0.00502. The minimum absolute atomic E-state index is 0.00502. The Balaban J connectivity index is 1.39. The van der Waals surface area contributed by atoms with E-state index in [4.69, 9.17) is 0 Å². The maximum absolute atomic E-state index is 12.1. The van der Waals surface area contributed by atoms with Gasteiger partial charge in [-0.05, 0) is 31.2 Å². The van der Waals surface area contributed by atoms with Gasteiger partial charge in [-0.1, -0.05) is 17.7 Å². The molecule has 0 unspecified atom stereocenters. The van der Waals surface area contributed by atoms with Crippen LogP contribution in [0.5, 0.6) is 0 Å². The fourth-order valence-electron chi connectivity index (χ4n) is 2.92. The van der Waals surface area contributed by atoms with Crippen LogP contribution in [0.2, 0.25) is 0 Å². The second kappa shape index (κ2) is 7.93. The van der Waals surface area contributed by atoms with E-state index in [1.54, 1.807) is 0 Å². The molecule has 0 saturated carbocycles. The zero-order valence-corrected chi connectivity index (χ0v) is 14.1. The highest BCUT2D eigenvalue weighted by Gasteiger charge is 2.17. The second-order valence-corrected chi connectivity index (χ2v) is 6.16. The number of piperazine rings is 1. The number of carbonyl (C=O) groups excluding carboxylic acids is 1. The fraction of sp³-hybridized carbons (Fsp3) is 0.368. The summed E-state index contributed by atoms with van der Waals surface area (Å²) in [5, 5.41) is 3.01. The zero-order chi connectivity index (χ0) is 16.8.